The Morgan fingerprint density at radius 2 is 1.83 bits per heavy atom. The molecule has 2 N–H and O–H groups in total. The van der Waals surface area contributed by atoms with Crippen molar-refractivity contribution >= 4 is 22.5 Å². The Morgan fingerprint density at radius 3 is 2.61 bits per heavy atom. The fourth-order valence-corrected chi connectivity index (χ4v) is 4.95. The summed E-state index contributed by atoms with van der Waals surface area (Å²) >= 11 is 0. The van der Waals surface area contributed by atoms with Gasteiger partial charge in [-0.3, -0.25) is 4.98 Å². The van der Waals surface area contributed by atoms with Gasteiger partial charge in [-0.2, -0.15) is 13.2 Å². The summed E-state index contributed by atoms with van der Waals surface area (Å²) < 4.78 is 52.9. The number of aromatic nitrogens is 1. The van der Waals surface area contributed by atoms with Crippen molar-refractivity contribution in [2.45, 2.75) is 37.4 Å². The number of carbonyl (C=O) groups excluding carboxylic acids is 1. The quantitative estimate of drug-likeness (QED) is 0.305. The number of hydrogen-bond donors (Lipinski definition) is 2. The maximum atomic E-state index is 13.9. The molecular formula is C28H23F4N3O. The van der Waals surface area contributed by atoms with Gasteiger partial charge in [0.15, 0.2) is 0 Å². The first-order valence-corrected chi connectivity index (χ1v) is 11.6. The SMILES string of the molecule is O=C(Nc1cccc2cnccc12)NC1CCc2cc(F)ccc2C1Cc1ccc(C(F)(F)F)cc1. The van der Waals surface area contributed by atoms with Crippen molar-refractivity contribution in [3.63, 3.8) is 0 Å². The number of amides is 2. The van der Waals surface area contributed by atoms with E-state index in [1.54, 1.807) is 24.5 Å². The number of carbonyl (C=O) groups is 1. The van der Waals surface area contributed by atoms with Crippen LogP contribution in [-0.2, 0) is 19.0 Å². The van der Waals surface area contributed by atoms with Gasteiger partial charge in [0.25, 0.3) is 0 Å². The van der Waals surface area contributed by atoms with Gasteiger partial charge >= 0.3 is 12.2 Å². The number of anilines is 1. The number of alkyl halides is 3. The summed E-state index contributed by atoms with van der Waals surface area (Å²) in [6, 6.07) is 16.3. The number of aryl methyl sites for hydroxylation is 1. The molecule has 0 bridgehead atoms. The zero-order valence-electron chi connectivity index (χ0n) is 19.1. The molecule has 2 atom stereocenters. The van der Waals surface area contributed by atoms with Gasteiger partial charge in [-0.15, -0.1) is 0 Å². The molecule has 4 nitrogen and oxygen atoms in total. The Hall–Kier alpha value is -3.94. The molecule has 8 heteroatoms. The van der Waals surface area contributed by atoms with Crippen LogP contribution >= 0.6 is 0 Å². The Bertz CT molecular complexity index is 1400. The molecule has 0 fully saturated rings. The fourth-order valence-electron chi connectivity index (χ4n) is 4.95. The standard InChI is InChI=1S/C28H23F4N3O/c29-21-9-10-22-18(15-21)6-11-26(24(22)14-17-4-7-20(8-5-17)28(30,31)32)35-27(36)34-25-3-1-2-19-16-33-13-12-23(19)25/h1-5,7-10,12-13,15-16,24,26H,6,11,14H2,(H2,34,35,36). The zero-order valence-corrected chi connectivity index (χ0v) is 19.1. The minimum Gasteiger partial charge on any atom is -0.334 e. The summed E-state index contributed by atoms with van der Waals surface area (Å²) in [4.78, 5) is 17.1. The average Bonchev–Trinajstić information content (AvgIpc) is 2.85. The summed E-state index contributed by atoms with van der Waals surface area (Å²) in [5.74, 6) is -0.565. The second kappa shape index (κ2) is 9.60. The molecule has 0 aliphatic heterocycles. The second-order valence-electron chi connectivity index (χ2n) is 8.99. The van der Waals surface area contributed by atoms with Crippen LogP contribution in [0.15, 0.2) is 79.1 Å². The lowest BCUT2D eigenvalue weighted by molar-refractivity contribution is -0.137. The Labute approximate surface area is 205 Å². The lowest BCUT2D eigenvalue weighted by atomic mass is 9.76. The molecule has 4 aromatic rings. The lowest BCUT2D eigenvalue weighted by Gasteiger charge is -2.34. The van der Waals surface area contributed by atoms with Gasteiger partial charge in [0, 0.05) is 35.1 Å². The molecule has 184 valence electrons. The van der Waals surface area contributed by atoms with Crippen molar-refractivity contribution in [2.24, 2.45) is 0 Å². The zero-order chi connectivity index (χ0) is 25.3. The second-order valence-corrected chi connectivity index (χ2v) is 8.99. The first kappa shape index (κ1) is 23.8. The summed E-state index contributed by atoms with van der Waals surface area (Å²) in [7, 11) is 0. The van der Waals surface area contributed by atoms with E-state index in [1.165, 1.54) is 24.3 Å². The van der Waals surface area contributed by atoms with Gasteiger partial charge in [-0.25, -0.2) is 9.18 Å². The van der Waals surface area contributed by atoms with Gasteiger partial charge < -0.3 is 10.6 Å². The van der Waals surface area contributed by atoms with Crippen LogP contribution in [0.5, 0.6) is 0 Å². The Morgan fingerprint density at radius 1 is 1.03 bits per heavy atom. The monoisotopic (exact) mass is 493 g/mol. The highest BCUT2D eigenvalue weighted by Gasteiger charge is 2.33. The molecule has 1 heterocycles. The number of halogens is 4. The fraction of sp³-hybridized carbons (Fsp3) is 0.214. The topological polar surface area (TPSA) is 54.0 Å². The molecule has 1 aromatic heterocycles. The molecule has 2 amide bonds. The normalized spacial score (nSPS) is 17.4. The molecule has 3 aromatic carbocycles. The molecule has 5 rings (SSSR count). The largest absolute Gasteiger partial charge is 0.416 e. The molecule has 0 saturated carbocycles. The highest BCUT2D eigenvalue weighted by molar-refractivity contribution is 6.01. The Kier molecular flexibility index (Phi) is 6.35. The first-order chi connectivity index (χ1) is 17.3. The van der Waals surface area contributed by atoms with E-state index in [0.29, 0.717) is 30.5 Å². The third-order valence-corrected chi connectivity index (χ3v) is 6.70. The van der Waals surface area contributed by atoms with Crippen LogP contribution in [0, 0.1) is 5.82 Å². The minimum atomic E-state index is -4.41. The predicted molar refractivity (Wildman–Crippen MR) is 130 cm³/mol. The molecular weight excluding hydrogens is 470 g/mol. The average molecular weight is 494 g/mol. The summed E-state index contributed by atoms with van der Waals surface area (Å²) in [6.07, 6.45) is 0.531. The van der Waals surface area contributed by atoms with E-state index in [0.717, 1.165) is 34.0 Å². The van der Waals surface area contributed by atoms with Gasteiger partial charge in [-0.05, 0) is 72.4 Å². The van der Waals surface area contributed by atoms with Gasteiger partial charge in [-0.1, -0.05) is 30.3 Å². The lowest BCUT2D eigenvalue weighted by Crippen LogP contribution is -2.44. The Balaban J connectivity index is 1.39. The number of rotatable bonds is 4. The number of fused-ring (bicyclic) bond motifs is 2. The maximum absolute atomic E-state index is 13.9. The number of nitrogens with zero attached hydrogens (tertiary/aromatic N) is 1. The number of nitrogens with one attached hydrogen (secondary N) is 2. The van der Waals surface area contributed by atoms with Crippen LogP contribution < -0.4 is 10.6 Å². The van der Waals surface area contributed by atoms with Gasteiger partial charge in [0.05, 0.1) is 11.3 Å². The molecule has 0 spiro atoms. The van der Waals surface area contributed by atoms with Crippen LogP contribution in [0.4, 0.5) is 28.0 Å². The third kappa shape index (κ3) is 5.03. The first-order valence-electron chi connectivity index (χ1n) is 11.6. The van der Waals surface area contributed by atoms with E-state index >= 15 is 0 Å². The highest BCUT2D eigenvalue weighted by Crippen LogP contribution is 2.36. The molecule has 0 saturated heterocycles. The van der Waals surface area contributed by atoms with Crippen LogP contribution in [0.2, 0.25) is 0 Å². The molecule has 36 heavy (non-hydrogen) atoms. The number of pyridine rings is 1. The van der Waals surface area contributed by atoms with E-state index in [9.17, 15) is 22.4 Å². The van der Waals surface area contributed by atoms with Crippen LogP contribution in [0.3, 0.4) is 0 Å². The smallest absolute Gasteiger partial charge is 0.334 e. The van der Waals surface area contributed by atoms with E-state index < -0.39 is 11.7 Å². The molecule has 0 radical (unpaired) electrons. The van der Waals surface area contributed by atoms with Crippen LogP contribution in [-0.4, -0.2) is 17.1 Å². The summed E-state index contributed by atoms with van der Waals surface area (Å²) in [5.41, 5.74) is 2.39. The predicted octanol–water partition coefficient (Wildman–Crippen LogP) is 6.86. The van der Waals surface area contributed by atoms with Crippen molar-refractivity contribution < 1.29 is 22.4 Å². The third-order valence-electron chi connectivity index (χ3n) is 6.70. The molecule has 2 unspecified atom stereocenters. The number of hydrogen-bond acceptors (Lipinski definition) is 2. The van der Waals surface area contributed by atoms with Crippen molar-refractivity contribution in [3.8, 4) is 0 Å². The summed E-state index contributed by atoms with van der Waals surface area (Å²) in [5, 5.41) is 7.71. The number of urea groups is 1. The minimum absolute atomic E-state index is 0.228. The van der Waals surface area contributed by atoms with E-state index in [2.05, 4.69) is 15.6 Å². The number of benzene rings is 3. The molecule has 1 aliphatic carbocycles. The van der Waals surface area contributed by atoms with Crippen molar-refractivity contribution in [3.05, 3.63) is 107 Å². The van der Waals surface area contributed by atoms with Crippen LogP contribution in [0.1, 0.15) is 34.6 Å². The highest BCUT2D eigenvalue weighted by atomic mass is 19.4. The maximum Gasteiger partial charge on any atom is 0.416 e. The van der Waals surface area contributed by atoms with E-state index in [4.69, 9.17) is 0 Å². The van der Waals surface area contributed by atoms with E-state index in [1.807, 2.05) is 18.2 Å². The van der Waals surface area contributed by atoms with Crippen molar-refractivity contribution in [1.29, 1.82) is 0 Å². The van der Waals surface area contributed by atoms with Crippen LogP contribution in [0.25, 0.3) is 10.8 Å². The van der Waals surface area contributed by atoms with Gasteiger partial charge in [0.2, 0.25) is 0 Å². The summed E-state index contributed by atoms with van der Waals surface area (Å²) in [6.45, 7) is 0. The van der Waals surface area contributed by atoms with Gasteiger partial charge in [0.1, 0.15) is 5.82 Å². The van der Waals surface area contributed by atoms with E-state index in [-0.39, 0.29) is 23.8 Å². The molecule has 1 aliphatic rings. The van der Waals surface area contributed by atoms with Crippen molar-refractivity contribution in [1.82, 2.24) is 10.3 Å². The van der Waals surface area contributed by atoms with Crippen molar-refractivity contribution in [2.75, 3.05) is 5.32 Å².